The molecule has 0 unspecified atom stereocenters. The van der Waals surface area contributed by atoms with Gasteiger partial charge in [0.05, 0.1) is 24.8 Å². The molecule has 1 aliphatic rings. The highest BCUT2D eigenvalue weighted by Crippen LogP contribution is 2.37. The lowest BCUT2D eigenvalue weighted by Gasteiger charge is -2.32. The van der Waals surface area contributed by atoms with Gasteiger partial charge in [-0.05, 0) is 70.3 Å². The van der Waals surface area contributed by atoms with Crippen LogP contribution in [0.4, 0.5) is 13.2 Å². The summed E-state index contributed by atoms with van der Waals surface area (Å²) in [6.07, 6.45) is 3.02. The topological polar surface area (TPSA) is 69.0 Å². The number of hydrogen-bond acceptors (Lipinski definition) is 6. The molecule has 2 aromatic carbocycles. The summed E-state index contributed by atoms with van der Waals surface area (Å²) in [6.45, 7) is 0.871. The molecule has 38 heavy (non-hydrogen) atoms. The Morgan fingerprint density at radius 2 is 1.76 bits per heavy atom. The Morgan fingerprint density at radius 1 is 1.00 bits per heavy atom. The van der Waals surface area contributed by atoms with Crippen LogP contribution in [0.25, 0.3) is 0 Å². The number of halogens is 3. The molecule has 10 heteroatoms. The van der Waals surface area contributed by atoms with Crippen molar-refractivity contribution in [1.82, 2.24) is 30.1 Å². The van der Waals surface area contributed by atoms with Gasteiger partial charge in [-0.15, -0.1) is 5.10 Å². The summed E-state index contributed by atoms with van der Waals surface area (Å²) >= 11 is 0. The zero-order valence-electron chi connectivity index (χ0n) is 21.1. The summed E-state index contributed by atoms with van der Waals surface area (Å²) in [4.78, 5) is 6.35. The summed E-state index contributed by atoms with van der Waals surface area (Å²) in [5.41, 5.74) is 1.68. The van der Waals surface area contributed by atoms with Crippen LogP contribution in [-0.2, 0) is 19.3 Å². The number of ether oxygens (including phenoxy) is 1. The number of pyridine rings is 1. The van der Waals surface area contributed by atoms with E-state index in [1.165, 1.54) is 12.1 Å². The van der Waals surface area contributed by atoms with Crippen LogP contribution in [0.5, 0.6) is 5.75 Å². The minimum atomic E-state index is -4.47. The highest BCUT2D eigenvalue weighted by molar-refractivity contribution is 5.33. The molecule has 0 N–H and O–H groups in total. The van der Waals surface area contributed by atoms with Crippen LogP contribution < -0.4 is 4.74 Å². The monoisotopic (exact) mass is 522 g/mol. The molecule has 1 saturated carbocycles. The average Bonchev–Trinajstić information content (AvgIpc) is 3.62. The molecule has 1 atom stereocenters. The van der Waals surface area contributed by atoms with Gasteiger partial charge in [-0.2, -0.15) is 13.2 Å². The van der Waals surface area contributed by atoms with Gasteiger partial charge in [0.1, 0.15) is 5.75 Å². The first-order chi connectivity index (χ1) is 18.4. The lowest BCUT2D eigenvalue weighted by Crippen LogP contribution is -2.32. The number of methoxy groups -OCH3 is 1. The van der Waals surface area contributed by atoms with E-state index in [1.807, 2.05) is 41.1 Å². The van der Waals surface area contributed by atoms with E-state index in [4.69, 9.17) is 4.74 Å². The van der Waals surface area contributed by atoms with Gasteiger partial charge >= 0.3 is 6.18 Å². The van der Waals surface area contributed by atoms with E-state index in [9.17, 15) is 13.2 Å². The summed E-state index contributed by atoms with van der Waals surface area (Å²) < 4.78 is 48.5. The van der Waals surface area contributed by atoms with Crippen LogP contribution in [0.1, 0.15) is 65.8 Å². The number of alkyl halides is 3. The number of hydrogen-bond donors (Lipinski definition) is 0. The molecule has 0 bridgehead atoms. The van der Waals surface area contributed by atoms with Crippen molar-refractivity contribution in [2.24, 2.45) is 0 Å². The summed E-state index contributed by atoms with van der Waals surface area (Å²) in [7, 11) is 1.61. The van der Waals surface area contributed by atoms with Crippen LogP contribution in [0, 0.1) is 0 Å². The Labute approximate surface area is 219 Å². The van der Waals surface area contributed by atoms with Crippen molar-refractivity contribution in [3.63, 3.8) is 0 Å². The number of tetrazole rings is 1. The van der Waals surface area contributed by atoms with E-state index in [-0.39, 0.29) is 6.04 Å². The molecule has 0 amide bonds. The van der Waals surface area contributed by atoms with Gasteiger partial charge in [0, 0.05) is 25.5 Å². The molecule has 5 rings (SSSR count). The van der Waals surface area contributed by atoms with E-state index >= 15 is 0 Å². The lowest BCUT2D eigenvalue weighted by molar-refractivity contribution is -0.137. The predicted molar refractivity (Wildman–Crippen MR) is 135 cm³/mol. The number of benzene rings is 2. The largest absolute Gasteiger partial charge is 0.497 e. The Balaban J connectivity index is 1.63. The maximum absolute atomic E-state index is 13.8. The number of aromatic nitrogens is 5. The van der Waals surface area contributed by atoms with Crippen molar-refractivity contribution < 1.29 is 17.9 Å². The molecule has 0 radical (unpaired) electrons. The Hall–Kier alpha value is -3.79. The molecule has 4 aromatic rings. The maximum atomic E-state index is 13.8. The third-order valence-corrected chi connectivity index (χ3v) is 6.98. The van der Waals surface area contributed by atoms with Crippen molar-refractivity contribution in [2.75, 3.05) is 7.11 Å². The van der Waals surface area contributed by atoms with Gasteiger partial charge in [0.2, 0.25) is 0 Å². The number of nitrogens with zero attached hydrogens (tertiary/aromatic N) is 6. The highest BCUT2D eigenvalue weighted by Gasteiger charge is 2.35. The molecule has 2 heterocycles. The molecular weight excluding hydrogens is 493 g/mol. The number of rotatable bonds is 9. The van der Waals surface area contributed by atoms with E-state index in [1.54, 1.807) is 25.6 Å². The Morgan fingerprint density at radius 3 is 2.45 bits per heavy atom. The van der Waals surface area contributed by atoms with E-state index in [0.29, 0.717) is 24.5 Å². The van der Waals surface area contributed by atoms with Gasteiger partial charge in [0.25, 0.3) is 0 Å². The minimum Gasteiger partial charge on any atom is -0.497 e. The van der Waals surface area contributed by atoms with Crippen molar-refractivity contribution in [3.05, 3.63) is 101 Å². The van der Waals surface area contributed by atoms with Crippen LogP contribution in [0.15, 0.2) is 73.1 Å². The molecule has 198 valence electrons. The average molecular weight is 523 g/mol. The molecule has 2 aromatic heterocycles. The van der Waals surface area contributed by atoms with Crippen molar-refractivity contribution >= 4 is 0 Å². The Kier molecular flexibility index (Phi) is 7.69. The lowest BCUT2D eigenvalue weighted by atomic mass is 9.99. The zero-order valence-corrected chi connectivity index (χ0v) is 21.1. The van der Waals surface area contributed by atoms with Gasteiger partial charge in [-0.1, -0.05) is 43.2 Å². The van der Waals surface area contributed by atoms with E-state index in [2.05, 4.69) is 25.4 Å². The second-order valence-electron chi connectivity index (χ2n) is 9.56. The van der Waals surface area contributed by atoms with Crippen molar-refractivity contribution in [1.29, 1.82) is 0 Å². The van der Waals surface area contributed by atoms with Gasteiger partial charge in [-0.3, -0.25) is 9.88 Å². The molecule has 0 spiro atoms. The normalized spacial score (nSPS) is 15.2. The van der Waals surface area contributed by atoms with E-state index in [0.717, 1.165) is 48.6 Å². The summed E-state index contributed by atoms with van der Waals surface area (Å²) in [5.74, 6) is 1.26. The van der Waals surface area contributed by atoms with Crippen LogP contribution in [0.3, 0.4) is 0 Å². The summed E-state index contributed by atoms with van der Waals surface area (Å²) in [5, 5.41) is 12.7. The second-order valence-corrected chi connectivity index (χ2v) is 9.56. The first-order valence-corrected chi connectivity index (χ1v) is 12.6. The Bertz CT molecular complexity index is 1320. The fourth-order valence-corrected chi connectivity index (χ4v) is 5.13. The fraction of sp³-hybridized carbons (Fsp3) is 0.357. The van der Waals surface area contributed by atoms with Gasteiger partial charge in [-0.25, -0.2) is 4.68 Å². The zero-order chi connectivity index (χ0) is 26.5. The van der Waals surface area contributed by atoms with E-state index < -0.39 is 17.8 Å². The molecule has 0 saturated heterocycles. The first-order valence-electron chi connectivity index (χ1n) is 12.6. The SMILES string of the molecule is COc1ccc(CN(Cc2cccnc2)[C@H](c2cccc(C(F)(F)F)c2)c2nnnn2C2CCCC2)cc1. The smallest absolute Gasteiger partial charge is 0.416 e. The highest BCUT2D eigenvalue weighted by atomic mass is 19.4. The molecule has 1 aliphatic carbocycles. The predicted octanol–water partition coefficient (Wildman–Crippen LogP) is 6.00. The molecular formula is C28H29F3N6O. The van der Waals surface area contributed by atoms with Gasteiger partial charge < -0.3 is 4.74 Å². The van der Waals surface area contributed by atoms with Gasteiger partial charge in [0.15, 0.2) is 5.82 Å². The van der Waals surface area contributed by atoms with Crippen LogP contribution in [0.2, 0.25) is 0 Å². The molecule has 1 fully saturated rings. The van der Waals surface area contributed by atoms with Crippen LogP contribution in [-0.4, -0.2) is 37.2 Å². The minimum absolute atomic E-state index is 0.120. The maximum Gasteiger partial charge on any atom is 0.416 e. The van der Waals surface area contributed by atoms with Crippen molar-refractivity contribution in [2.45, 2.75) is 57.0 Å². The third-order valence-electron chi connectivity index (χ3n) is 6.98. The van der Waals surface area contributed by atoms with Crippen molar-refractivity contribution in [3.8, 4) is 5.75 Å². The van der Waals surface area contributed by atoms with Crippen LogP contribution >= 0.6 is 0 Å². The first kappa shape index (κ1) is 25.8. The quantitative estimate of drug-likeness (QED) is 0.269. The fourth-order valence-electron chi connectivity index (χ4n) is 5.13. The summed E-state index contributed by atoms with van der Waals surface area (Å²) in [6, 6.07) is 16.4. The molecule has 0 aliphatic heterocycles. The second kappa shape index (κ2) is 11.3. The third kappa shape index (κ3) is 5.85. The molecule has 7 nitrogen and oxygen atoms in total. The standard InChI is InChI=1S/C28H29F3N6O/c1-38-25-13-11-20(12-14-25)18-36(19-21-6-5-15-32-17-21)26(22-7-4-8-23(16-22)28(29,30)31)27-33-34-35-37(27)24-9-2-3-10-24/h4-8,11-17,24,26H,2-3,9-10,18-19H2,1H3/t26-/m1/s1.